The summed E-state index contributed by atoms with van der Waals surface area (Å²) in [5, 5.41) is 3.31. The maximum Gasteiger partial charge on any atom is 0.337 e. The second-order valence-corrected chi connectivity index (χ2v) is 7.34. The first-order valence-electron chi connectivity index (χ1n) is 9.26. The third kappa shape index (κ3) is 5.00. The lowest BCUT2D eigenvalue weighted by Crippen LogP contribution is -2.33. The van der Waals surface area contributed by atoms with Crippen LogP contribution in [-0.2, 0) is 23.9 Å². The van der Waals surface area contributed by atoms with Crippen LogP contribution in [0.1, 0.15) is 25.3 Å². The first-order chi connectivity index (χ1) is 14.0. The molecule has 0 radical (unpaired) electrons. The maximum atomic E-state index is 13.0. The zero-order valence-corrected chi connectivity index (χ0v) is 17.9. The van der Waals surface area contributed by atoms with Gasteiger partial charge in [0.15, 0.2) is 0 Å². The molecule has 1 amide bonds. The molecule has 0 fully saturated rings. The van der Waals surface area contributed by atoms with E-state index in [1.165, 1.54) is 18.9 Å². The van der Waals surface area contributed by atoms with Gasteiger partial charge in [0.1, 0.15) is 0 Å². The van der Waals surface area contributed by atoms with Crippen molar-refractivity contribution in [2.75, 3.05) is 33.1 Å². The Hall–Kier alpha value is -2.74. The van der Waals surface area contributed by atoms with Crippen LogP contribution in [0.5, 0.6) is 0 Å². The number of nitrogens with one attached hydrogen (secondary N) is 1. The van der Waals surface area contributed by atoms with Gasteiger partial charge in [-0.25, -0.2) is 9.59 Å². The summed E-state index contributed by atoms with van der Waals surface area (Å²) >= 11 is 1.43. The van der Waals surface area contributed by atoms with E-state index in [4.69, 9.17) is 9.47 Å². The van der Waals surface area contributed by atoms with E-state index in [1.54, 1.807) is 14.0 Å². The van der Waals surface area contributed by atoms with Crippen molar-refractivity contribution in [2.24, 2.45) is 0 Å². The topological polar surface area (TPSA) is 84.9 Å². The van der Waals surface area contributed by atoms with Gasteiger partial charge in [-0.1, -0.05) is 30.3 Å². The Morgan fingerprint density at radius 2 is 1.90 bits per heavy atom. The summed E-state index contributed by atoms with van der Waals surface area (Å²) < 4.78 is 10.4. The van der Waals surface area contributed by atoms with Gasteiger partial charge in [-0.3, -0.25) is 4.79 Å². The van der Waals surface area contributed by atoms with Crippen molar-refractivity contribution in [1.82, 2.24) is 10.2 Å². The van der Waals surface area contributed by atoms with Crippen molar-refractivity contribution in [3.8, 4) is 0 Å². The lowest BCUT2D eigenvalue weighted by atomic mass is 9.81. The van der Waals surface area contributed by atoms with Gasteiger partial charge in [0.2, 0.25) is 6.41 Å². The van der Waals surface area contributed by atoms with E-state index < -0.39 is 17.9 Å². The monoisotopic (exact) mass is 418 g/mol. The van der Waals surface area contributed by atoms with Crippen LogP contribution in [0, 0.1) is 0 Å². The van der Waals surface area contributed by atoms with Crippen LogP contribution in [0.4, 0.5) is 0 Å². The van der Waals surface area contributed by atoms with Crippen LogP contribution >= 0.6 is 11.8 Å². The number of carbonyl (C=O) groups is 3. The number of carbonyl (C=O) groups excluding carboxylic acids is 3. The number of hydrogen-bond acceptors (Lipinski definition) is 7. The third-order valence-corrected chi connectivity index (χ3v) is 5.78. The standard InChI is InChI=1S/C21H26N2O5S/c1-5-28-21(26)18-17(15-9-7-6-8-10-15)16(20(25)27-4)14(2)23(3)19(18)29-12-11-22-13-24/h6-10,13,17H,5,11-12H2,1-4H3,(H,22,24). The lowest BCUT2D eigenvalue weighted by Gasteiger charge is -2.36. The highest BCUT2D eigenvalue weighted by atomic mass is 32.2. The number of rotatable bonds is 9. The maximum absolute atomic E-state index is 13.0. The van der Waals surface area contributed by atoms with Crippen LogP contribution in [0.3, 0.4) is 0 Å². The highest BCUT2D eigenvalue weighted by Gasteiger charge is 2.40. The minimum absolute atomic E-state index is 0.217. The minimum Gasteiger partial charge on any atom is -0.466 e. The van der Waals surface area contributed by atoms with Gasteiger partial charge in [-0.2, -0.15) is 0 Å². The van der Waals surface area contributed by atoms with Gasteiger partial charge in [-0.15, -0.1) is 11.8 Å². The second kappa shape index (κ2) is 10.7. The van der Waals surface area contributed by atoms with Gasteiger partial charge in [-0.05, 0) is 19.4 Å². The molecular weight excluding hydrogens is 392 g/mol. The summed E-state index contributed by atoms with van der Waals surface area (Å²) in [4.78, 5) is 38.1. The zero-order chi connectivity index (χ0) is 21.4. The van der Waals surface area contributed by atoms with Crippen molar-refractivity contribution in [3.63, 3.8) is 0 Å². The number of ether oxygens (including phenoxy) is 2. The Labute approximate surface area is 175 Å². The van der Waals surface area contributed by atoms with Gasteiger partial charge in [0.05, 0.1) is 35.8 Å². The van der Waals surface area contributed by atoms with E-state index in [1.807, 2.05) is 42.2 Å². The average molecular weight is 419 g/mol. The number of hydrogen-bond donors (Lipinski definition) is 1. The van der Waals surface area contributed by atoms with Crippen LogP contribution in [0.25, 0.3) is 0 Å². The fourth-order valence-electron chi connectivity index (χ4n) is 3.20. The number of nitrogens with zero attached hydrogens (tertiary/aromatic N) is 1. The Balaban J connectivity index is 2.65. The van der Waals surface area contributed by atoms with Crippen LogP contribution in [-0.4, -0.2) is 56.3 Å². The Morgan fingerprint density at radius 1 is 1.21 bits per heavy atom. The Morgan fingerprint density at radius 3 is 2.48 bits per heavy atom. The van der Waals surface area contributed by atoms with E-state index in [2.05, 4.69) is 5.32 Å². The fraction of sp³-hybridized carbons (Fsp3) is 0.381. The van der Waals surface area contributed by atoms with E-state index >= 15 is 0 Å². The quantitative estimate of drug-likeness (QED) is 0.374. The summed E-state index contributed by atoms with van der Waals surface area (Å²) in [6.07, 6.45) is 0.638. The molecule has 2 rings (SSSR count). The van der Waals surface area contributed by atoms with Crippen LogP contribution < -0.4 is 5.32 Å². The first kappa shape index (κ1) is 22.5. The molecule has 29 heavy (non-hydrogen) atoms. The number of allylic oxidation sites excluding steroid dienone is 1. The molecule has 1 aliphatic rings. The summed E-state index contributed by atoms with van der Waals surface area (Å²) in [6.45, 7) is 4.23. The van der Waals surface area contributed by atoms with Crippen molar-refractivity contribution < 1.29 is 23.9 Å². The van der Waals surface area contributed by atoms with Gasteiger partial charge >= 0.3 is 11.9 Å². The molecule has 1 heterocycles. The first-order valence-corrected chi connectivity index (χ1v) is 10.2. The second-order valence-electron chi connectivity index (χ2n) is 6.25. The summed E-state index contributed by atoms with van der Waals surface area (Å²) in [5.41, 5.74) is 2.29. The van der Waals surface area contributed by atoms with Gasteiger partial charge in [0, 0.05) is 25.0 Å². The fourth-order valence-corrected chi connectivity index (χ4v) is 4.30. The molecule has 1 aliphatic heterocycles. The molecule has 0 aliphatic carbocycles. The SMILES string of the molecule is CCOC(=O)C1=C(SCCNC=O)N(C)C(C)=C(C(=O)OC)C1c1ccccc1. The van der Waals surface area contributed by atoms with Crippen molar-refractivity contribution >= 4 is 30.1 Å². The average Bonchev–Trinajstić information content (AvgIpc) is 2.73. The molecule has 8 heteroatoms. The van der Waals surface area contributed by atoms with Gasteiger partial charge in [0.25, 0.3) is 0 Å². The molecule has 1 aromatic rings. The van der Waals surface area contributed by atoms with Crippen molar-refractivity contribution in [1.29, 1.82) is 0 Å². The Bertz CT molecular complexity index is 820. The molecule has 0 saturated carbocycles. The van der Waals surface area contributed by atoms with Crippen LogP contribution in [0.2, 0.25) is 0 Å². The normalized spacial score (nSPS) is 16.6. The van der Waals surface area contributed by atoms with E-state index in [9.17, 15) is 14.4 Å². The number of amides is 1. The predicted octanol–water partition coefficient (Wildman–Crippen LogP) is 2.42. The molecule has 0 bridgehead atoms. The number of benzene rings is 1. The van der Waals surface area contributed by atoms with Crippen molar-refractivity contribution in [3.05, 3.63) is 57.8 Å². The predicted molar refractivity (Wildman–Crippen MR) is 112 cm³/mol. The molecule has 1 unspecified atom stereocenters. The van der Waals surface area contributed by atoms with Crippen LogP contribution in [0.15, 0.2) is 52.2 Å². The summed E-state index contributed by atoms with van der Waals surface area (Å²) in [7, 11) is 3.13. The third-order valence-electron chi connectivity index (χ3n) is 4.61. The molecule has 1 atom stereocenters. The molecule has 0 aromatic heterocycles. The molecule has 1 N–H and O–H groups in total. The summed E-state index contributed by atoms with van der Waals surface area (Å²) in [5.74, 6) is -1.02. The molecule has 0 spiro atoms. The largest absolute Gasteiger partial charge is 0.466 e. The molecular formula is C21H26N2O5S. The molecule has 7 nitrogen and oxygen atoms in total. The lowest BCUT2D eigenvalue weighted by molar-refractivity contribution is -0.139. The number of esters is 2. The minimum atomic E-state index is -0.611. The van der Waals surface area contributed by atoms with E-state index in [0.717, 1.165) is 5.56 Å². The molecule has 156 valence electrons. The highest BCUT2D eigenvalue weighted by Crippen LogP contribution is 2.45. The van der Waals surface area contributed by atoms with Gasteiger partial charge < -0.3 is 19.7 Å². The molecule has 1 aromatic carbocycles. The smallest absolute Gasteiger partial charge is 0.337 e. The molecule has 0 saturated heterocycles. The number of thioether (sulfide) groups is 1. The number of methoxy groups -OCH3 is 1. The van der Waals surface area contributed by atoms with E-state index in [-0.39, 0.29) is 6.61 Å². The highest BCUT2D eigenvalue weighted by molar-refractivity contribution is 8.03. The van der Waals surface area contributed by atoms with E-state index in [0.29, 0.717) is 40.6 Å². The Kier molecular flexibility index (Phi) is 8.33. The zero-order valence-electron chi connectivity index (χ0n) is 17.1. The van der Waals surface area contributed by atoms with Crippen molar-refractivity contribution in [2.45, 2.75) is 19.8 Å². The summed E-state index contributed by atoms with van der Waals surface area (Å²) in [6, 6.07) is 9.35.